The maximum absolute atomic E-state index is 9.67. The molecule has 0 aliphatic heterocycles. The molecule has 0 heterocycles. The van der Waals surface area contributed by atoms with Crippen molar-refractivity contribution in [2.24, 2.45) is 0 Å². The zero-order chi connectivity index (χ0) is 19.8. The third kappa shape index (κ3) is 5.68. The van der Waals surface area contributed by atoms with E-state index in [2.05, 4.69) is 6.92 Å². The van der Waals surface area contributed by atoms with Crippen LogP contribution in [-0.4, -0.2) is 10.2 Å². The predicted octanol–water partition coefficient (Wildman–Crippen LogP) is 6.81. The Morgan fingerprint density at radius 2 is 1.32 bits per heavy atom. The van der Waals surface area contributed by atoms with Crippen LogP contribution in [0.3, 0.4) is 0 Å². The van der Waals surface area contributed by atoms with Gasteiger partial charge in [0.05, 0.1) is 0 Å². The van der Waals surface area contributed by atoms with E-state index in [1.165, 1.54) is 19.3 Å². The van der Waals surface area contributed by atoms with Gasteiger partial charge in [-0.25, -0.2) is 0 Å². The lowest BCUT2D eigenvalue weighted by atomic mass is 10.0. The Kier molecular flexibility index (Phi) is 6.79. The van der Waals surface area contributed by atoms with Crippen molar-refractivity contribution >= 4 is 0 Å². The highest BCUT2D eigenvalue weighted by Crippen LogP contribution is 2.33. The summed E-state index contributed by atoms with van der Waals surface area (Å²) >= 11 is 0. The van der Waals surface area contributed by atoms with Gasteiger partial charge in [0.1, 0.15) is 34.5 Å². The Morgan fingerprint density at radius 3 is 1.96 bits per heavy atom. The SMILES string of the molecule is CCCCCCc1cc(Oc2cccc(O)c2)ccc1Oc1cccc(O)c1. The van der Waals surface area contributed by atoms with Gasteiger partial charge in [-0.3, -0.25) is 0 Å². The molecule has 0 bridgehead atoms. The van der Waals surface area contributed by atoms with Crippen LogP contribution in [0.15, 0.2) is 66.7 Å². The third-order valence-corrected chi connectivity index (χ3v) is 4.43. The zero-order valence-electron chi connectivity index (χ0n) is 16.1. The summed E-state index contributed by atoms with van der Waals surface area (Å²) < 4.78 is 11.9. The maximum atomic E-state index is 9.67. The first-order chi connectivity index (χ1) is 13.6. The Labute approximate surface area is 166 Å². The summed E-state index contributed by atoms with van der Waals surface area (Å²) in [4.78, 5) is 0. The minimum atomic E-state index is 0.168. The van der Waals surface area contributed by atoms with Crippen molar-refractivity contribution in [3.63, 3.8) is 0 Å². The van der Waals surface area contributed by atoms with Gasteiger partial charge in [-0.15, -0.1) is 0 Å². The summed E-state index contributed by atoms with van der Waals surface area (Å²) in [5.74, 6) is 2.96. The molecular weight excluding hydrogens is 352 g/mol. The number of unbranched alkanes of at least 4 members (excludes halogenated alkanes) is 3. The molecule has 0 unspecified atom stereocenters. The van der Waals surface area contributed by atoms with Gasteiger partial charge in [0.25, 0.3) is 0 Å². The first kappa shape index (κ1) is 19.6. The second kappa shape index (κ2) is 9.70. The molecule has 3 aromatic carbocycles. The summed E-state index contributed by atoms with van der Waals surface area (Å²) in [5.41, 5.74) is 1.05. The highest BCUT2D eigenvalue weighted by atomic mass is 16.5. The normalized spacial score (nSPS) is 10.6. The Bertz CT molecular complexity index is 905. The number of hydrogen-bond donors (Lipinski definition) is 2. The van der Waals surface area contributed by atoms with Crippen LogP contribution in [0.1, 0.15) is 38.2 Å². The predicted molar refractivity (Wildman–Crippen MR) is 111 cm³/mol. The van der Waals surface area contributed by atoms with Crippen molar-refractivity contribution in [3.05, 3.63) is 72.3 Å². The quantitative estimate of drug-likeness (QED) is 0.402. The van der Waals surface area contributed by atoms with Gasteiger partial charge >= 0.3 is 0 Å². The largest absolute Gasteiger partial charge is 0.508 e. The zero-order valence-corrected chi connectivity index (χ0v) is 16.1. The second-order valence-corrected chi connectivity index (χ2v) is 6.78. The molecule has 0 atom stereocenters. The fourth-order valence-corrected chi connectivity index (χ4v) is 3.01. The van der Waals surface area contributed by atoms with E-state index in [0.717, 1.165) is 24.2 Å². The standard InChI is InChI=1S/C24H26O4/c1-2-3-4-5-8-18-15-23(27-21-11-6-9-19(25)16-21)13-14-24(18)28-22-12-7-10-20(26)17-22/h6-7,9-17,25-26H,2-5,8H2,1H3. The van der Waals surface area contributed by atoms with E-state index in [1.54, 1.807) is 42.5 Å². The van der Waals surface area contributed by atoms with Crippen LogP contribution in [0.5, 0.6) is 34.5 Å². The first-order valence-corrected chi connectivity index (χ1v) is 9.71. The van der Waals surface area contributed by atoms with Gasteiger partial charge in [-0.05, 0) is 60.9 Å². The van der Waals surface area contributed by atoms with Crippen molar-refractivity contribution in [2.75, 3.05) is 0 Å². The molecule has 4 heteroatoms. The fourth-order valence-electron chi connectivity index (χ4n) is 3.01. The molecule has 0 radical (unpaired) electrons. The molecular formula is C24H26O4. The number of ether oxygens (including phenoxy) is 2. The number of hydrogen-bond acceptors (Lipinski definition) is 4. The summed E-state index contributed by atoms with van der Waals surface area (Å²) in [6.07, 6.45) is 5.51. The summed E-state index contributed by atoms with van der Waals surface area (Å²) in [5, 5.41) is 19.3. The van der Waals surface area contributed by atoms with Crippen LogP contribution >= 0.6 is 0 Å². The fraction of sp³-hybridized carbons (Fsp3) is 0.250. The van der Waals surface area contributed by atoms with E-state index in [9.17, 15) is 10.2 Å². The summed E-state index contributed by atoms with van der Waals surface area (Å²) in [7, 11) is 0. The number of phenolic OH excluding ortho intramolecular Hbond substituents is 2. The highest BCUT2D eigenvalue weighted by Gasteiger charge is 2.09. The van der Waals surface area contributed by atoms with Crippen molar-refractivity contribution in [1.29, 1.82) is 0 Å². The first-order valence-electron chi connectivity index (χ1n) is 9.71. The van der Waals surface area contributed by atoms with Gasteiger partial charge in [-0.1, -0.05) is 38.3 Å². The van der Waals surface area contributed by atoms with E-state index in [0.29, 0.717) is 17.2 Å². The molecule has 3 aromatic rings. The number of aromatic hydroxyl groups is 2. The number of benzene rings is 3. The molecule has 0 saturated carbocycles. The van der Waals surface area contributed by atoms with E-state index < -0.39 is 0 Å². The number of aryl methyl sites for hydroxylation is 1. The van der Waals surface area contributed by atoms with Gasteiger partial charge in [-0.2, -0.15) is 0 Å². The van der Waals surface area contributed by atoms with E-state index in [4.69, 9.17) is 9.47 Å². The lowest BCUT2D eigenvalue weighted by molar-refractivity contribution is 0.444. The van der Waals surface area contributed by atoms with Crippen molar-refractivity contribution in [2.45, 2.75) is 39.0 Å². The molecule has 0 fully saturated rings. The van der Waals surface area contributed by atoms with E-state index in [-0.39, 0.29) is 11.5 Å². The lowest BCUT2D eigenvalue weighted by Crippen LogP contribution is -1.94. The molecule has 0 aliphatic rings. The van der Waals surface area contributed by atoms with Gasteiger partial charge < -0.3 is 19.7 Å². The van der Waals surface area contributed by atoms with Crippen LogP contribution in [0.25, 0.3) is 0 Å². The van der Waals surface area contributed by atoms with E-state index in [1.807, 2.05) is 24.3 Å². The van der Waals surface area contributed by atoms with Crippen molar-refractivity contribution in [1.82, 2.24) is 0 Å². The summed E-state index contributed by atoms with van der Waals surface area (Å²) in [6, 6.07) is 19.2. The van der Waals surface area contributed by atoms with Crippen LogP contribution in [0, 0.1) is 0 Å². The minimum Gasteiger partial charge on any atom is -0.508 e. The second-order valence-electron chi connectivity index (χ2n) is 6.78. The maximum Gasteiger partial charge on any atom is 0.131 e. The lowest BCUT2D eigenvalue weighted by Gasteiger charge is -2.14. The molecule has 28 heavy (non-hydrogen) atoms. The average molecular weight is 378 g/mol. The molecule has 2 N–H and O–H groups in total. The monoisotopic (exact) mass is 378 g/mol. The number of rotatable bonds is 9. The Balaban J connectivity index is 1.81. The van der Waals surface area contributed by atoms with Crippen LogP contribution in [0.2, 0.25) is 0 Å². The molecule has 0 saturated heterocycles. The smallest absolute Gasteiger partial charge is 0.131 e. The molecule has 0 aliphatic carbocycles. The number of phenols is 2. The molecule has 0 aromatic heterocycles. The van der Waals surface area contributed by atoms with Crippen LogP contribution < -0.4 is 9.47 Å². The summed E-state index contributed by atoms with van der Waals surface area (Å²) in [6.45, 7) is 2.19. The van der Waals surface area contributed by atoms with Gasteiger partial charge in [0.15, 0.2) is 0 Å². The average Bonchev–Trinajstić information content (AvgIpc) is 2.67. The topological polar surface area (TPSA) is 58.9 Å². The van der Waals surface area contributed by atoms with E-state index >= 15 is 0 Å². The van der Waals surface area contributed by atoms with Crippen LogP contribution in [0.4, 0.5) is 0 Å². The molecule has 3 rings (SSSR count). The Morgan fingerprint density at radius 1 is 0.679 bits per heavy atom. The molecule has 0 amide bonds. The minimum absolute atomic E-state index is 0.168. The third-order valence-electron chi connectivity index (χ3n) is 4.43. The van der Waals surface area contributed by atoms with Gasteiger partial charge in [0, 0.05) is 12.1 Å². The molecule has 146 valence electrons. The van der Waals surface area contributed by atoms with Crippen molar-refractivity contribution < 1.29 is 19.7 Å². The van der Waals surface area contributed by atoms with Gasteiger partial charge in [0.2, 0.25) is 0 Å². The molecule has 0 spiro atoms. The molecule has 4 nitrogen and oxygen atoms in total. The highest BCUT2D eigenvalue weighted by molar-refractivity contribution is 5.45. The Hall–Kier alpha value is -3.14. The van der Waals surface area contributed by atoms with Crippen molar-refractivity contribution in [3.8, 4) is 34.5 Å². The van der Waals surface area contributed by atoms with Crippen LogP contribution in [-0.2, 0) is 6.42 Å².